The molecule has 0 amide bonds. The SMILES string of the molecule is CC(C)OC(=O)OCOCOP(OCOCOC(=O)OC(C)C)OC1=CCC2CCN(C)C2C1. The Morgan fingerprint density at radius 3 is 2.06 bits per heavy atom. The van der Waals surface area contributed by atoms with Crippen molar-refractivity contribution >= 4 is 20.9 Å². The van der Waals surface area contributed by atoms with Crippen LogP contribution in [0.25, 0.3) is 0 Å². The number of nitrogens with zero attached hydrogens (tertiary/aromatic N) is 1. The van der Waals surface area contributed by atoms with Crippen molar-refractivity contribution in [3.8, 4) is 0 Å². The zero-order valence-corrected chi connectivity index (χ0v) is 21.3. The van der Waals surface area contributed by atoms with Crippen LogP contribution in [0, 0.1) is 5.92 Å². The van der Waals surface area contributed by atoms with Crippen molar-refractivity contribution in [1.82, 2.24) is 4.90 Å². The van der Waals surface area contributed by atoms with Gasteiger partial charge in [-0.2, -0.15) is 0 Å². The molecule has 1 aliphatic heterocycles. The summed E-state index contributed by atoms with van der Waals surface area (Å²) in [5.74, 6) is 1.40. The molecular formula is C21H36NO11P. The van der Waals surface area contributed by atoms with Crippen molar-refractivity contribution in [3.63, 3.8) is 0 Å². The third-order valence-electron chi connectivity index (χ3n) is 4.88. The molecular weight excluding hydrogens is 473 g/mol. The Bertz CT molecular complexity index is 629. The van der Waals surface area contributed by atoms with E-state index < -0.39 is 20.9 Å². The number of hydrogen-bond acceptors (Lipinski definition) is 12. The molecule has 2 rings (SSSR count). The molecule has 196 valence electrons. The zero-order valence-electron chi connectivity index (χ0n) is 20.4. The van der Waals surface area contributed by atoms with E-state index in [1.165, 1.54) is 6.42 Å². The van der Waals surface area contributed by atoms with Gasteiger partial charge in [0, 0.05) is 12.5 Å². The van der Waals surface area contributed by atoms with Crippen LogP contribution in [0.15, 0.2) is 11.8 Å². The van der Waals surface area contributed by atoms with Gasteiger partial charge in [0.15, 0.2) is 27.2 Å². The molecule has 0 aromatic heterocycles. The van der Waals surface area contributed by atoms with Gasteiger partial charge in [0.2, 0.25) is 0 Å². The van der Waals surface area contributed by atoms with Gasteiger partial charge in [-0.05, 0) is 66.1 Å². The summed E-state index contributed by atoms with van der Waals surface area (Å²) in [7, 11) is 0.223. The molecule has 0 aromatic carbocycles. The van der Waals surface area contributed by atoms with Gasteiger partial charge >= 0.3 is 20.9 Å². The van der Waals surface area contributed by atoms with E-state index in [0.29, 0.717) is 12.0 Å². The third kappa shape index (κ3) is 11.2. The molecule has 1 aliphatic carbocycles. The van der Waals surface area contributed by atoms with Gasteiger partial charge in [0.1, 0.15) is 5.76 Å². The van der Waals surface area contributed by atoms with Crippen LogP contribution in [0.2, 0.25) is 0 Å². The fraction of sp³-hybridized carbons (Fsp3) is 0.810. The lowest BCUT2D eigenvalue weighted by atomic mass is 9.89. The molecule has 0 bridgehead atoms. The first-order valence-electron chi connectivity index (χ1n) is 11.2. The first-order valence-corrected chi connectivity index (χ1v) is 12.3. The second-order valence-electron chi connectivity index (χ2n) is 8.28. The minimum Gasteiger partial charge on any atom is -0.432 e. The lowest BCUT2D eigenvalue weighted by Gasteiger charge is -2.30. The molecule has 13 heteroatoms. The molecule has 0 aromatic rings. The van der Waals surface area contributed by atoms with Gasteiger partial charge in [-0.1, -0.05) is 0 Å². The smallest absolute Gasteiger partial charge is 0.432 e. The van der Waals surface area contributed by atoms with Gasteiger partial charge in [-0.15, -0.1) is 0 Å². The zero-order chi connectivity index (χ0) is 24.9. The topological polar surface area (TPSA) is 120 Å². The average molecular weight is 509 g/mol. The highest BCUT2D eigenvalue weighted by molar-refractivity contribution is 7.41. The van der Waals surface area contributed by atoms with Gasteiger partial charge in [-0.25, -0.2) is 9.59 Å². The minimum atomic E-state index is -1.89. The molecule has 2 unspecified atom stereocenters. The Labute approximate surface area is 201 Å². The van der Waals surface area contributed by atoms with Crippen molar-refractivity contribution < 1.29 is 51.6 Å². The number of likely N-dealkylation sites (tertiary alicyclic amines) is 1. The van der Waals surface area contributed by atoms with E-state index in [0.717, 1.165) is 25.1 Å². The summed E-state index contributed by atoms with van der Waals surface area (Å²) in [5.41, 5.74) is 0. The number of carbonyl (C=O) groups excluding carboxylic acids is 2. The van der Waals surface area contributed by atoms with Crippen LogP contribution >= 0.6 is 8.60 Å². The number of carbonyl (C=O) groups is 2. The predicted molar refractivity (Wildman–Crippen MR) is 119 cm³/mol. The average Bonchev–Trinajstić information content (AvgIpc) is 3.12. The van der Waals surface area contributed by atoms with E-state index in [-0.39, 0.29) is 39.4 Å². The highest BCUT2D eigenvalue weighted by atomic mass is 31.2. The van der Waals surface area contributed by atoms with Crippen LogP contribution in [-0.2, 0) is 42.0 Å². The van der Waals surface area contributed by atoms with Crippen molar-refractivity contribution in [3.05, 3.63) is 11.8 Å². The first-order chi connectivity index (χ1) is 16.2. The molecule has 0 spiro atoms. The Hall–Kier alpha value is -1.69. The molecule has 0 N–H and O–H groups in total. The molecule has 1 heterocycles. The van der Waals surface area contributed by atoms with Crippen LogP contribution in [0.1, 0.15) is 47.0 Å². The van der Waals surface area contributed by atoms with E-state index in [2.05, 4.69) is 18.0 Å². The van der Waals surface area contributed by atoms with Gasteiger partial charge < -0.3 is 37.8 Å². The van der Waals surface area contributed by atoms with E-state index >= 15 is 0 Å². The van der Waals surface area contributed by atoms with E-state index in [1.54, 1.807) is 27.7 Å². The fourth-order valence-electron chi connectivity index (χ4n) is 3.38. The van der Waals surface area contributed by atoms with E-state index in [1.807, 2.05) is 0 Å². The van der Waals surface area contributed by atoms with Crippen LogP contribution in [0.3, 0.4) is 0 Å². The molecule has 0 saturated carbocycles. The molecule has 0 radical (unpaired) electrons. The minimum absolute atomic E-state index is 0.253. The maximum absolute atomic E-state index is 11.4. The van der Waals surface area contributed by atoms with Crippen LogP contribution in [0.4, 0.5) is 9.59 Å². The normalized spacial score (nSPS) is 20.3. The summed E-state index contributed by atoms with van der Waals surface area (Å²) >= 11 is 0. The maximum Gasteiger partial charge on any atom is 0.510 e. The van der Waals surface area contributed by atoms with Crippen molar-refractivity contribution in [2.45, 2.75) is 65.2 Å². The summed E-state index contributed by atoms with van der Waals surface area (Å²) in [6.45, 7) is 6.69. The molecule has 12 nitrogen and oxygen atoms in total. The van der Waals surface area contributed by atoms with Crippen molar-refractivity contribution in [2.24, 2.45) is 5.92 Å². The Balaban J connectivity index is 1.74. The Kier molecular flexibility index (Phi) is 12.9. The highest BCUT2D eigenvalue weighted by Gasteiger charge is 2.35. The standard InChI is InChI=1S/C21H36NO11P/c1-15(2)31-20(23)27-11-25-13-29-34(30-14-26-12-28-21(24)32-16(3)4)33-18-7-6-17-8-9-22(5)19(17)10-18/h7,15-17,19H,6,8-14H2,1-5H3. The molecule has 2 atom stereocenters. The second-order valence-corrected chi connectivity index (χ2v) is 9.43. The Morgan fingerprint density at radius 1 is 0.971 bits per heavy atom. The van der Waals surface area contributed by atoms with Crippen molar-refractivity contribution in [2.75, 3.05) is 40.8 Å². The monoisotopic (exact) mass is 509 g/mol. The number of fused-ring (bicyclic) bond motifs is 1. The lowest BCUT2D eigenvalue weighted by molar-refractivity contribution is -0.108. The molecule has 1 saturated heterocycles. The van der Waals surface area contributed by atoms with E-state index in [4.69, 9.17) is 42.0 Å². The molecule has 34 heavy (non-hydrogen) atoms. The van der Waals surface area contributed by atoms with Crippen molar-refractivity contribution in [1.29, 1.82) is 0 Å². The van der Waals surface area contributed by atoms with Crippen LogP contribution in [0.5, 0.6) is 0 Å². The van der Waals surface area contributed by atoms with Crippen LogP contribution in [-0.4, -0.2) is 76.2 Å². The van der Waals surface area contributed by atoms with Gasteiger partial charge in [0.05, 0.1) is 12.2 Å². The number of rotatable bonds is 14. The number of allylic oxidation sites excluding steroid dienone is 1. The van der Waals surface area contributed by atoms with Gasteiger partial charge in [-0.3, -0.25) is 9.05 Å². The largest absolute Gasteiger partial charge is 0.510 e. The molecule has 1 fully saturated rings. The van der Waals surface area contributed by atoms with E-state index in [9.17, 15) is 9.59 Å². The fourth-order valence-corrected chi connectivity index (χ4v) is 4.22. The lowest BCUT2D eigenvalue weighted by Crippen LogP contribution is -2.31. The maximum atomic E-state index is 11.4. The summed E-state index contributed by atoms with van der Waals surface area (Å²) < 4.78 is 46.5. The summed E-state index contributed by atoms with van der Waals surface area (Å²) in [6.07, 6.45) is 2.65. The summed E-state index contributed by atoms with van der Waals surface area (Å²) in [6, 6.07) is 0.421. The Morgan fingerprint density at radius 2 is 1.53 bits per heavy atom. The van der Waals surface area contributed by atoms with Gasteiger partial charge in [0.25, 0.3) is 0 Å². The number of hydrogen-bond donors (Lipinski definition) is 0. The quantitative estimate of drug-likeness (QED) is 0.144. The molecule has 2 aliphatic rings. The first kappa shape index (κ1) is 28.5. The highest BCUT2D eigenvalue weighted by Crippen LogP contribution is 2.45. The third-order valence-corrected chi connectivity index (χ3v) is 5.90. The summed E-state index contributed by atoms with van der Waals surface area (Å²) in [5, 5.41) is 0. The predicted octanol–water partition coefficient (Wildman–Crippen LogP) is 4.25. The van der Waals surface area contributed by atoms with Crippen LogP contribution < -0.4 is 0 Å². The summed E-state index contributed by atoms with van der Waals surface area (Å²) in [4.78, 5) is 25.0. The second kappa shape index (κ2) is 15.3. The number of ether oxygens (including phenoxy) is 6.